The molecule has 3 aromatic carbocycles. The first-order valence-electron chi connectivity index (χ1n) is 12.5. The number of hydrogen-bond donors (Lipinski definition) is 2. The Morgan fingerprint density at radius 1 is 1.12 bits per heavy atom. The van der Waals surface area contributed by atoms with E-state index in [1.54, 1.807) is 36.4 Å². The van der Waals surface area contributed by atoms with E-state index >= 15 is 0 Å². The zero-order chi connectivity index (χ0) is 31.3. The predicted molar refractivity (Wildman–Crippen MR) is 151 cm³/mol. The average molecular weight is 661 g/mol. The van der Waals surface area contributed by atoms with Crippen molar-refractivity contribution in [2.45, 2.75) is 30.8 Å². The highest BCUT2D eigenvalue weighted by Crippen LogP contribution is 2.45. The zero-order valence-corrected chi connectivity index (χ0v) is 24.4. The molecule has 0 atom stereocenters. The van der Waals surface area contributed by atoms with Gasteiger partial charge in [0.25, 0.3) is 5.91 Å². The van der Waals surface area contributed by atoms with Crippen LogP contribution in [0, 0.1) is 5.82 Å². The summed E-state index contributed by atoms with van der Waals surface area (Å²) in [6, 6.07) is 12.0. The number of halogens is 5. The van der Waals surface area contributed by atoms with Gasteiger partial charge in [0.15, 0.2) is 11.6 Å². The van der Waals surface area contributed by atoms with Crippen molar-refractivity contribution in [1.82, 2.24) is 5.32 Å². The van der Waals surface area contributed by atoms with E-state index in [2.05, 4.69) is 9.50 Å². The molecule has 1 fully saturated rings. The summed E-state index contributed by atoms with van der Waals surface area (Å²) in [4.78, 5) is 13.0. The van der Waals surface area contributed by atoms with Crippen molar-refractivity contribution in [2.75, 3.05) is 11.4 Å². The molecule has 0 saturated heterocycles. The minimum absolute atomic E-state index is 0.0530. The lowest BCUT2D eigenvalue weighted by molar-refractivity contribution is -0.0500. The van der Waals surface area contributed by atoms with Crippen molar-refractivity contribution in [3.8, 4) is 17.1 Å². The molecule has 0 bridgehead atoms. The Kier molecular flexibility index (Phi) is 8.09. The molecule has 1 heterocycles. The van der Waals surface area contributed by atoms with E-state index in [1.165, 1.54) is 7.05 Å². The van der Waals surface area contributed by atoms with E-state index < -0.39 is 44.0 Å². The van der Waals surface area contributed by atoms with E-state index in [9.17, 15) is 39.2 Å². The van der Waals surface area contributed by atoms with Crippen LogP contribution in [0.4, 0.5) is 23.2 Å². The van der Waals surface area contributed by atoms with Gasteiger partial charge in [-0.1, -0.05) is 11.6 Å². The van der Waals surface area contributed by atoms with Crippen molar-refractivity contribution in [1.29, 1.82) is 0 Å². The van der Waals surface area contributed by atoms with Gasteiger partial charge < -0.3 is 13.9 Å². The van der Waals surface area contributed by atoms with Gasteiger partial charge in [0.1, 0.15) is 11.3 Å². The molecule has 1 aliphatic carbocycles. The van der Waals surface area contributed by atoms with Crippen LogP contribution in [0.25, 0.3) is 22.3 Å². The summed E-state index contributed by atoms with van der Waals surface area (Å²) in [5.74, 6) is -2.87. The maximum Gasteiger partial charge on any atom is 0.534 e. The van der Waals surface area contributed by atoms with Crippen LogP contribution >= 0.6 is 11.6 Å². The first kappa shape index (κ1) is 30.6. The summed E-state index contributed by atoms with van der Waals surface area (Å²) in [5, 5.41) is 3.57. The molecular formula is C27H21ClF4N2O7S2. The number of nitrogens with zero attached hydrogens (tertiary/aromatic N) is 1. The molecule has 1 amide bonds. The lowest BCUT2D eigenvalue weighted by Crippen LogP contribution is -2.28. The molecule has 228 valence electrons. The Morgan fingerprint density at radius 2 is 1.79 bits per heavy atom. The van der Waals surface area contributed by atoms with Crippen LogP contribution in [0.2, 0.25) is 5.02 Å². The summed E-state index contributed by atoms with van der Waals surface area (Å²) in [6.07, 6.45) is 1.60. The summed E-state index contributed by atoms with van der Waals surface area (Å²) >= 11 is 6.01. The number of carbonyl (C=O) groups is 1. The van der Waals surface area contributed by atoms with Crippen molar-refractivity contribution in [3.63, 3.8) is 0 Å². The van der Waals surface area contributed by atoms with E-state index in [0.717, 1.165) is 28.8 Å². The topological polar surface area (TPSA) is 123 Å². The SMILES string of the molecule is CNC(=O)c1c(-c2ccc(Cl)cc2)oc2cc(CN(c3ccc(OS(=O)(=O)C(F)(F)F)c(F)c3)[SH](=O)=O)c(C3CC3)cc12. The lowest BCUT2D eigenvalue weighted by Gasteiger charge is -2.20. The molecule has 5 rings (SSSR count). The predicted octanol–water partition coefficient (Wildman–Crippen LogP) is 5.89. The van der Waals surface area contributed by atoms with Gasteiger partial charge in [0.2, 0.25) is 10.9 Å². The molecule has 1 aromatic heterocycles. The van der Waals surface area contributed by atoms with Gasteiger partial charge in [0.05, 0.1) is 17.8 Å². The molecule has 0 unspecified atom stereocenters. The fraction of sp³-hybridized carbons (Fsp3) is 0.222. The van der Waals surface area contributed by atoms with Gasteiger partial charge in [0, 0.05) is 29.1 Å². The third-order valence-electron chi connectivity index (χ3n) is 6.74. The van der Waals surface area contributed by atoms with Crippen molar-refractivity contribution in [2.24, 2.45) is 0 Å². The van der Waals surface area contributed by atoms with Crippen LogP contribution in [0.15, 0.2) is 59.0 Å². The first-order valence-corrected chi connectivity index (χ1v) is 15.4. The van der Waals surface area contributed by atoms with Crippen LogP contribution in [0.3, 0.4) is 0 Å². The summed E-state index contributed by atoms with van der Waals surface area (Å²) in [7, 11) is -8.10. The molecule has 0 aliphatic heterocycles. The monoisotopic (exact) mass is 660 g/mol. The fourth-order valence-electron chi connectivity index (χ4n) is 4.56. The highest BCUT2D eigenvalue weighted by Gasteiger charge is 2.49. The van der Waals surface area contributed by atoms with Crippen LogP contribution in [-0.4, -0.2) is 35.3 Å². The number of thiol groups is 1. The minimum Gasteiger partial charge on any atom is -0.455 e. The number of carbonyl (C=O) groups excluding carboxylic acids is 1. The van der Waals surface area contributed by atoms with Gasteiger partial charge in [-0.05, 0) is 78.4 Å². The molecule has 4 aromatic rings. The molecule has 43 heavy (non-hydrogen) atoms. The van der Waals surface area contributed by atoms with E-state index in [4.69, 9.17) is 16.0 Å². The maximum atomic E-state index is 14.7. The largest absolute Gasteiger partial charge is 0.534 e. The average Bonchev–Trinajstić information content (AvgIpc) is 3.72. The van der Waals surface area contributed by atoms with Crippen LogP contribution in [0.5, 0.6) is 5.75 Å². The Balaban J connectivity index is 1.57. The molecule has 16 heteroatoms. The summed E-state index contributed by atoms with van der Waals surface area (Å²) in [6.45, 7) is -0.326. The Labute approximate surface area is 249 Å². The van der Waals surface area contributed by atoms with Gasteiger partial charge in [-0.15, -0.1) is 0 Å². The number of alkyl halides is 3. The zero-order valence-electron chi connectivity index (χ0n) is 21.9. The van der Waals surface area contributed by atoms with Gasteiger partial charge in [-0.3, -0.25) is 9.10 Å². The Hall–Kier alpha value is -3.82. The van der Waals surface area contributed by atoms with Crippen molar-refractivity contribution >= 4 is 55.2 Å². The summed E-state index contributed by atoms with van der Waals surface area (Å²) in [5.41, 5.74) is -3.75. The van der Waals surface area contributed by atoms with Crippen LogP contribution in [0.1, 0.15) is 40.2 Å². The Morgan fingerprint density at radius 3 is 2.35 bits per heavy atom. The second kappa shape index (κ2) is 11.4. The lowest BCUT2D eigenvalue weighted by atomic mass is 9.97. The second-order valence-corrected chi connectivity index (χ2v) is 12.5. The number of fused-ring (bicyclic) bond motifs is 1. The highest BCUT2D eigenvalue weighted by molar-refractivity contribution is 7.88. The second-order valence-electron chi connectivity index (χ2n) is 9.61. The van der Waals surface area contributed by atoms with E-state index in [1.807, 2.05) is 0 Å². The van der Waals surface area contributed by atoms with Crippen LogP contribution in [-0.2, 0) is 27.6 Å². The number of rotatable bonds is 9. The number of benzene rings is 3. The molecule has 0 radical (unpaired) electrons. The minimum atomic E-state index is -6.15. The Bertz CT molecular complexity index is 1910. The van der Waals surface area contributed by atoms with Crippen molar-refractivity contribution < 1.29 is 47.8 Å². The van der Waals surface area contributed by atoms with E-state index in [-0.39, 0.29) is 35.1 Å². The molecular weight excluding hydrogens is 640 g/mol. The van der Waals surface area contributed by atoms with E-state index in [0.29, 0.717) is 33.7 Å². The molecule has 9 nitrogen and oxygen atoms in total. The number of nitrogens with one attached hydrogen (secondary N) is 1. The number of amides is 1. The summed E-state index contributed by atoms with van der Waals surface area (Å²) < 4.78 is 111. The third kappa shape index (κ3) is 6.15. The fourth-order valence-corrected chi connectivity index (χ4v) is 5.73. The van der Waals surface area contributed by atoms with Gasteiger partial charge >= 0.3 is 15.6 Å². The van der Waals surface area contributed by atoms with Gasteiger partial charge in [-0.2, -0.15) is 21.6 Å². The molecule has 1 aliphatic rings. The van der Waals surface area contributed by atoms with Crippen molar-refractivity contribution in [3.05, 3.63) is 82.1 Å². The first-order chi connectivity index (χ1) is 20.2. The maximum absolute atomic E-state index is 14.7. The number of hydrogen-bond acceptors (Lipinski definition) is 7. The smallest absolute Gasteiger partial charge is 0.455 e. The standard InChI is InChI=1S/C27H21ClF4N2O7S2/c1-33-26(35)24-20-12-19(14-2-3-14)16(10-23(20)40-25(24)15-4-6-17(28)7-5-15)13-34(42(36)37)18-8-9-22(21(29)11-18)41-43(38,39)27(30,31)32/h4-12,14,42H,2-3,13H2,1H3,(H,33,35). The normalized spacial score (nSPS) is 13.8. The third-order valence-corrected chi connectivity index (χ3v) is 8.73. The quantitative estimate of drug-likeness (QED) is 0.0993. The highest BCUT2D eigenvalue weighted by atomic mass is 35.5. The molecule has 1 N–H and O–H groups in total. The van der Waals surface area contributed by atoms with Crippen LogP contribution < -0.4 is 13.8 Å². The number of anilines is 1. The number of furan rings is 1. The molecule has 0 spiro atoms. The van der Waals surface area contributed by atoms with Gasteiger partial charge in [-0.25, -0.2) is 12.8 Å². The molecule has 1 saturated carbocycles.